The first-order valence-electron chi connectivity index (χ1n) is 13.9. The van der Waals surface area contributed by atoms with Gasteiger partial charge in [0.15, 0.2) is 0 Å². The van der Waals surface area contributed by atoms with Crippen molar-refractivity contribution in [3.05, 3.63) is 0 Å². The summed E-state index contributed by atoms with van der Waals surface area (Å²) in [5.74, 6) is 0. The van der Waals surface area contributed by atoms with E-state index in [9.17, 15) is 0 Å². The van der Waals surface area contributed by atoms with E-state index in [2.05, 4.69) is 32.8 Å². The Kier molecular flexibility index (Phi) is 34.9. The van der Waals surface area contributed by atoms with Crippen LogP contribution in [0.4, 0.5) is 0 Å². The molecule has 0 rings (SSSR count). The fourth-order valence-corrected chi connectivity index (χ4v) is 4.57. The number of rotatable bonds is 24. The molecule has 0 saturated heterocycles. The van der Waals surface area contributed by atoms with E-state index in [1.165, 1.54) is 148 Å². The van der Waals surface area contributed by atoms with Gasteiger partial charge in [0, 0.05) is 6.04 Å². The van der Waals surface area contributed by atoms with Gasteiger partial charge in [0.05, 0.1) is 0 Å². The van der Waals surface area contributed by atoms with Gasteiger partial charge in [-0.25, -0.2) is 0 Å². The van der Waals surface area contributed by atoms with Crippen molar-refractivity contribution in [1.29, 1.82) is 0 Å². The van der Waals surface area contributed by atoms with Gasteiger partial charge >= 0.3 is 0 Å². The highest BCUT2D eigenvalue weighted by Gasteiger charge is 2.10. The predicted octanol–water partition coefficient (Wildman–Crippen LogP) is 10.5. The Balaban J connectivity index is -0.00000392. The summed E-state index contributed by atoms with van der Waals surface area (Å²) in [4.78, 5) is 2.49. The monoisotopic (exact) mass is 462 g/mol. The molecule has 2 nitrogen and oxygen atoms in total. The van der Waals surface area contributed by atoms with E-state index in [0.29, 0.717) is 0 Å². The van der Waals surface area contributed by atoms with Crippen molar-refractivity contribution in [1.82, 2.24) is 11.1 Å². The van der Waals surface area contributed by atoms with Gasteiger partial charge < -0.3 is 11.1 Å². The molecule has 0 aromatic rings. The van der Waals surface area contributed by atoms with Gasteiger partial charge in [-0.15, -0.1) is 12.4 Å². The molecular weight excluding hydrogens is 400 g/mol. The molecule has 0 aromatic carbocycles. The zero-order chi connectivity index (χ0) is 21.4. The summed E-state index contributed by atoms with van der Waals surface area (Å²) in [7, 11) is 4.58. The Morgan fingerprint density at radius 2 is 0.645 bits per heavy atom. The average molecular weight is 463 g/mol. The van der Waals surface area contributed by atoms with Gasteiger partial charge in [-0.3, -0.25) is 0 Å². The van der Waals surface area contributed by atoms with Crippen molar-refractivity contribution >= 4 is 12.4 Å². The van der Waals surface area contributed by atoms with E-state index in [1.54, 1.807) is 0 Å². The molecule has 0 aliphatic heterocycles. The second-order valence-electron chi connectivity index (χ2n) is 9.91. The molecule has 0 fully saturated rings. The molecule has 0 saturated carbocycles. The van der Waals surface area contributed by atoms with E-state index in [-0.39, 0.29) is 18.6 Å². The normalized spacial score (nSPS) is 11.9. The maximum absolute atomic E-state index is 2.49. The van der Waals surface area contributed by atoms with Crippen LogP contribution in [-0.4, -0.2) is 25.0 Å². The van der Waals surface area contributed by atoms with Crippen molar-refractivity contribution in [3.63, 3.8) is 0 Å². The molecule has 0 heterocycles. The molecule has 31 heavy (non-hydrogen) atoms. The van der Waals surface area contributed by atoms with Gasteiger partial charge in [0.1, 0.15) is 0 Å². The maximum atomic E-state index is 2.49. The lowest BCUT2D eigenvalue weighted by molar-refractivity contribution is 0.251. The lowest BCUT2D eigenvalue weighted by atomic mass is 9.99. The van der Waals surface area contributed by atoms with E-state index in [0.717, 1.165) is 6.04 Å². The molecule has 0 aromatic heterocycles. The molecule has 0 bridgehead atoms. The Labute approximate surface area is 205 Å². The van der Waals surface area contributed by atoms with Crippen LogP contribution >= 0.6 is 12.4 Å². The van der Waals surface area contributed by atoms with Crippen LogP contribution in [0.25, 0.3) is 0 Å². The molecule has 3 N–H and O–H groups in total. The smallest absolute Gasteiger partial charge is 0.00891 e. The molecule has 3 heteroatoms. The minimum atomic E-state index is 0. The lowest BCUT2D eigenvalue weighted by Gasteiger charge is -2.24. The van der Waals surface area contributed by atoms with Crippen molar-refractivity contribution in [2.75, 3.05) is 14.1 Å². The third-order valence-corrected chi connectivity index (χ3v) is 6.76. The van der Waals surface area contributed by atoms with Crippen LogP contribution in [0, 0.1) is 0 Å². The number of halogens is 1. The first-order chi connectivity index (χ1) is 14.2. The molecule has 0 radical (unpaired) electrons. The van der Waals surface area contributed by atoms with Gasteiger partial charge in [0.2, 0.25) is 0 Å². The molecule has 0 aliphatic rings. The number of hydrogen-bond acceptors (Lipinski definition) is 2. The van der Waals surface area contributed by atoms with Gasteiger partial charge in [-0.05, 0) is 26.9 Å². The van der Waals surface area contributed by atoms with Crippen LogP contribution in [-0.2, 0) is 0 Å². The average Bonchev–Trinajstić information content (AvgIpc) is 2.71. The van der Waals surface area contributed by atoms with Crippen LogP contribution in [0.3, 0.4) is 0 Å². The quantitative estimate of drug-likeness (QED) is 0.145. The topological polar surface area (TPSA) is 38.2 Å². The molecular formula is C28H63ClN2. The number of nitrogens with zero attached hydrogens (tertiary/aromatic N) is 1. The van der Waals surface area contributed by atoms with Crippen LogP contribution in [0.5, 0.6) is 0 Å². The lowest BCUT2D eigenvalue weighted by Crippen LogP contribution is -2.27. The Morgan fingerprint density at radius 3 is 0.871 bits per heavy atom. The highest BCUT2D eigenvalue weighted by molar-refractivity contribution is 5.85. The van der Waals surface area contributed by atoms with Crippen molar-refractivity contribution in [2.45, 2.75) is 168 Å². The summed E-state index contributed by atoms with van der Waals surface area (Å²) in [6.45, 7) is 4.61. The summed E-state index contributed by atoms with van der Waals surface area (Å²) >= 11 is 0. The summed E-state index contributed by atoms with van der Waals surface area (Å²) in [6, 6.07) is 0.822. The molecule has 1 unspecified atom stereocenters. The maximum Gasteiger partial charge on any atom is 0.00891 e. The zero-order valence-corrected chi connectivity index (χ0v) is 23.2. The summed E-state index contributed by atoms with van der Waals surface area (Å²) in [5.41, 5.74) is 0. The molecule has 192 valence electrons. The minimum absolute atomic E-state index is 0. The van der Waals surface area contributed by atoms with E-state index in [1.807, 2.05) is 0 Å². The van der Waals surface area contributed by atoms with Gasteiger partial charge in [-0.1, -0.05) is 149 Å². The van der Waals surface area contributed by atoms with Crippen LogP contribution in [0.1, 0.15) is 162 Å². The summed E-state index contributed by atoms with van der Waals surface area (Å²) in [6.07, 6.45) is 33.3. The van der Waals surface area contributed by atoms with Crippen molar-refractivity contribution in [3.8, 4) is 0 Å². The SMILES string of the molecule is CCCCCCCCCCCCCCCC(CCCCCCCCCC)N(C)C.Cl.N. The van der Waals surface area contributed by atoms with Crippen molar-refractivity contribution < 1.29 is 0 Å². The molecule has 1 atom stereocenters. The number of unbranched alkanes of at least 4 members (excludes halogenated alkanes) is 19. The van der Waals surface area contributed by atoms with Gasteiger partial charge in [0.25, 0.3) is 0 Å². The van der Waals surface area contributed by atoms with E-state index < -0.39 is 0 Å². The highest BCUT2D eigenvalue weighted by atomic mass is 35.5. The Bertz CT molecular complexity index is 297. The third-order valence-electron chi connectivity index (χ3n) is 6.76. The molecule has 0 aliphatic carbocycles. The standard InChI is InChI=1S/C28H59N.ClH.H3N/c1-5-7-9-11-13-15-16-17-18-19-21-23-25-27-28(29(3)4)26-24-22-20-14-12-10-8-6-2;;/h28H,5-27H2,1-4H3;1H;1H3. The predicted molar refractivity (Wildman–Crippen MR) is 147 cm³/mol. The first-order valence-corrected chi connectivity index (χ1v) is 13.9. The van der Waals surface area contributed by atoms with Crippen LogP contribution < -0.4 is 6.15 Å². The third kappa shape index (κ3) is 28.2. The largest absolute Gasteiger partial charge is 0.344 e. The van der Waals surface area contributed by atoms with Crippen LogP contribution in [0.2, 0.25) is 0 Å². The molecule has 0 amide bonds. The van der Waals surface area contributed by atoms with E-state index in [4.69, 9.17) is 0 Å². The Morgan fingerprint density at radius 1 is 0.419 bits per heavy atom. The Hall–Kier alpha value is 0.210. The fraction of sp³-hybridized carbons (Fsp3) is 1.00. The number of hydrogen-bond donors (Lipinski definition) is 1. The zero-order valence-electron chi connectivity index (χ0n) is 22.4. The van der Waals surface area contributed by atoms with Crippen molar-refractivity contribution in [2.24, 2.45) is 0 Å². The molecule has 0 spiro atoms. The summed E-state index contributed by atoms with van der Waals surface area (Å²) < 4.78 is 0. The summed E-state index contributed by atoms with van der Waals surface area (Å²) in [5, 5.41) is 0. The van der Waals surface area contributed by atoms with Gasteiger partial charge in [-0.2, -0.15) is 0 Å². The second-order valence-corrected chi connectivity index (χ2v) is 9.91. The first kappa shape index (κ1) is 35.8. The highest BCUT2D eigenvalue weighted by Crippen LogP contribution is 2.18. The van der Waals surface area contributed by atoms with E-state index >= 15 is 0 Å². The fourth-order valence-electron chi connectivity index (χ4n) is 4.57. The van der Waals surface area contributed by atoms with Crippen LogP contribution in [0.15, 0.2) is 0 Å². The second kappa shape index (κ2) is 30.2. The minimum Gasteiger partial charge on any atom is -0.344 e.